The van der Waals surface area contributed by atoms with Gasteiger partial charge in [-0.25, -0.2) is 4.39 Å². The van der Waals surface area contributed by atoms with Crippen molar-refractivity contribution in [2.24, 2.45) is 0 Å². The zero-order chi connectivity index (χ0) is 25.4. The maximum absolute atomic E-state index is 14.0. The number of carbonyl (C=O) groups excluding carboxylic acids is 2. The zero-order valence-electron chi connectivity index (χ0n) is 21.6. The quantitative estimate of drug-likeness (QED) is 0.433. The minimum absolute atomic E-state index is 0.214. The van der Waals surface area contributed by atoms with E-state index in [2.05, 4.69) is 20.1 Å². The summed E-state index contributed by atoms with van der Waals surface area (Å²) in [6, 6.07) is 4.74. The van der Waals surface area contributed by atoms with Gasteiger partial charge in [-0.3, -0.25) is 9.59 Å². The van der Waals surface area contributed by atoms with Crippen LogP contribution in [0.2, 0.25) is 0 Å². The Balaban J connectivity index is 1.25. The molecule has 2 N–H and O–H groups in total. The van der Waals surface area contributed by atoms with Crippen LogP contribution in [-0.4, -0.2) is 58.8 Å². The molecule has 0 spiro atoms. The highest BCUT2D eigenvalue weighted by Gasteiger charge is 2.31. The van der Waals surface area contributed by atoms with Gasteiger partial charge in [-0.1, -0.05) is 6.42 Å². The first kappa shape index (κ1) is 24.4. The molecule has 4 aliphatic rings. The van der Waals surface area contributed by atoms with Crippen molar-refractivity contribution in [1.82, 2.24) is 14.8 Å². The second-order valence-corrected chi connectivity index (χ2v) is 11.1. The van der Waals surface area contributed by atoms with E-state index in [0.29, 0.717) is 35.7 Å². The van der Waals surface area contributed by atoms with Crippen LogP contribution in [0.4, 0.5) is 10.1 Å². The van der Waals surface area contributed by atoms with Crippen LogP contribution in [0.5, 0.6) is 0 Å². The number of nitrogens with zero attached hydrogens (tertiary/aromatic N) is 2. The average molecular weight is 505 g/mol. The number of anilines is 1. The van der Waals surface area contributed by atoms with E-state index in [1.165, 1.54) is 42.7 Å². The molecule has 0 saturated carbocycles. The van der Waals surface area contributed by atoms with Gasteiger partial charge < -0.3 is 20.1 Å². The van der Waals surface area contributed by atoms with Crippen LogP contribution in [0.25, 0.3) is 11.6 Å². The molecule has 6 rings (SSSR count). The summed E-state index contributed by atoms with van der Waals surface area (Å²) < 4.78 is 14.0. The molecule has 0 bridgehead atoms. The van der Waals surface area contributed by atoms with Gasteiger partial charge in [0.15, 0.2) is 0 Å². The lowest BCUT2D eigenvalue weighted by Gasteiger charge is -2.28. The number of amides is 2. The molecule has 1 aliphatic carbocycles. The van der Waals surface area contributed by atoms with Gasteiger partial charge in [-0.15, -0.1) is 0 Å². The molecule has 2 aromatic rings. The first-order valence-corrected chi connectivity index (χ1v) is 14.1. The number of H-pyrrole nitrogens is 1. The number of fused-ring (bicyclic) bond motifs is 2. The molecule has 196 valence electrons. The highest BCUT2D eigenvalue weighted by Crippen LogP contribution is 2.36. The molecule has 3 aliphatic heterocycles. The summed E-state index contributed by atoms with van der Waals surface area (Å²) in [7, 11) is 0. The number of hydrogen-bond acceptors (Lipinski definition) is 3. The Morgan fingerprint density at radius 1 is 1.05 bits per heavy atom. The molecule has 0 radical (unpaired) electrons. The summed E-state index contributed by atoms with van der Waals surface area (Å²) >= 11 is 0. The standard InChI is InChI=1S/C30H37FN4O2/c31-20-10-12-27-24(17-20)25(30(37)33-27)18-28-23(22-8-2-1-3-9-26(22)32-28)11-13-29(36)35-16-6-7-21(35)19-34-14-4-5-15-34/h10,12,17-18,21,32H,1-9,11,13-16,19H2,(H,33,37)/t21-/m0/s1. The number of rotatable bonds is 6. The normalized spacial score (nSPS) is 22.8. The van der Waals surface area contributed by atoms with Crippen molar-refractivity contribution in [1.29, 1.82) is 0 Å². The summed E-state index contributed by atoms with van der Waals surface area (Å²) in [5.74, 6) is -0.326. The van der Waals surface area contributed by atoms with E-state index in [0.717, 1.165) is 76.0 Å². The van der Waals surface area contributed by atoms with Crippen LogP contribution in [0.15, 0.2) is 18.2 Å². The average Bonchev–Trinajstić information content (AvgIpc) is 3.65. The molecule has 7 heteroatoms. The lowest BCUT2D eigenvalue weighted by molar-refractivity contribution is -0.132. The van der Waals surface area contributed by atoms with Crippen LogP contribution in [0, 0.1) is 5.82 Å². The number of nitrogens with one attached hydrogen (secondary N) is 2. The van der Waals surface area contributed by atoms with Crippen molar-refractivity contribution < 1.29 is 14.0 Å². The number of carbonyl (C=O) groups is 2. The number of hydrogen-bond donors (Lipinski definition) is 2. The van der Waals surface area contributed by atoms with E-state index < -0.39 is 0 Å². The molecule has 2 saturated heterocycles. The van der Waals surface area contributed by atoms with E-state index in [1.807, 2.05) is 6.08 Å². The predicted octanol–water partition coefficient (Wildman–Crippen LogP) is 4.93. The van der Waals surface area contributed by atoms with Crippen LogP contribution in [0.1, 0.15) is 79.4 Å². The number of benzene rings is 1. The van der Waals surface area contributed by atoms with E-state index in [1.54, 1.807) is 6.07 Å². The Morgan fingerprint density at radius 2 is 1.89 bits per heavy atom. The monoisotopic (exact) mass is 504 g/mol. The molecule has 6 nitrogen and oxygen atoms in total. The van der Waals surface area contributed by atoms with E-state index in [-0.39, 0.29) is 17.6 Å². The molecule has 37 heavy (non-hydrogen) atoms. The summed E-state index contributed by atoms with van der Waals surface area (Å²) in [6.45, 7) is 4.19. The third-order valence-electron chi connectivity index (χ3n) is 8.70. The zero-order valence-corrected chi connectivity index (χ0v) is 21.6. The van der Waals surface area contributed by atoms with Gasteiger partial charge in [-0.2, -0.15) is 0 Å². The Morgan fingerprint density at radius 3 is 2.76 bits per heavy atom. The highest BCUT2D eigenvalue weighted by atomic mass is 19.1. The van der Waals surface area contributed by atoms with E-state index in [9.17, 15) is 14.0 Å². The first-order chi connectivity index (χ1) is 18.1. The van der Waals surface area contributed by atoms with Crippen molar-refractivity contribution in [3.8, 4) is 0 Å². The van der Waals surface area contributed by atoms with Gasteiger partial charge in [0.25, 0.3) is 5.91 Å². The minimum atomic E-state index is -0.358. The molecule has 2 amide bonds. The lowest BCUT2D eigenvalue weighted by atomic mass is 9.97. The van der Waals surface area contributed by atoms with Gasteiger partial charge in [0.1, 0.15) is 5.82 Å². The summed E-state index contributed by atoms with van der Waals surface area (Å²) in [5.41, 5.74) is 6.33. The highest BCUT2D eigenvalue weighted by molar-refractivity contribution is 6.34. The fourth-order valence-corrected chi connectivity index (χ4v) is 6.80. The second kappa shape index (κ2) is 10.4. The molecule has 4 heterocycles. The minimum Gasteiger partial charge on any atom is -0.358 e. The number of halogens is 1. The van der Waals surface area contributed by atoms with Crippen LogP contribution >= 0.6 is 0 Å². The molecule has 0 unspecified atom stereocenters. The second-order valence-electron chi connectivity index (χ2n) is 11.1. The SMILES string of the molecule is O=C1Nc2ccc(F)cc2C1=Cc1[nH]c2c(c1CCC(=O)N1CCC[C@H]1CN1CCCC1)CCCCC2. The summed E-state index contributed by atoms with van der Waals surface area (Å²) in [5, 5.41) is 2.86. The number of aromatic nitrogens is 1. The Bertz CT molecular complexity index is 1230. The van der Waals surface area contributed by atoms with Crippen LogP contribution in [0.3, 0.4) is 0 Å². The molecule has 1 atom stereocenters. The molecule has 2 fully saturated rings. The smallest absolute Gasteiger partial charge is 0.256 e. The largest absolute Gasteiger partial charge is 0.358 e. The van der Waals surface area contributed by atoms with Gasteiger partial charge in [-0.05, 0) is 106 Å². The Hall–Kier alpha value is -2.93. The third kappa shape index (κ3) is 4.98. The van der Waals surface area contributed by atoms with E-state index in [4.69, 9.17) is 0 Å². The number of likely N-dealkylation sites (tertiary alicyclic amines) is 2. The molecular formula is C30H37FN4O2. The molecular weight excluding hydrogens is 467 g/mol. The van der Waals surface area contributed by atoms with Crippen molar-refractivity contribution in [3.05, 3.63) is 52.1 Å². The maximum Gasteiger partial charge on any atom is 0.256 e. The van der Waals surface area contributed by atoms with E-state index >= 15 is 0 Å². The van der Waals surface area contributed by atoms with Crippen LogP contribution < -0.4 is 5.32 Å². The molecule has 1 aromatic heterocycles. The van der Waals surface area contributed by atoms with Crippen molar-refractivity contribution in [3.63, 3.8) is 0 Å². The lowest BCUT2D eigenvalue weighted by Crippen LogP contribution is -2.42. The van der Waals surface area contributed by atoms with Gasteiger partial charge in [0.05, 0.1) is 5.57 Å². The number of aryl methyl sites for hydroxylation is 1. The van der Waals surface area contributed by atoms with Gasteiger partial charge in [0, 0.05) is 48.2 Å². The van der Waals surface area contributed by atoms with Crippen molar-refractivity contribution >= 4 is 29.2 Å². The topological polar surface area (TPSA) is 68.4 Å². The fraction of sp³-hybridized carbons (Fsp3) is 0.533. The summed E-state index contributed by atoms with van der Waals surface area (Å²) in [6.07, 6.45) is 13.2. The van der Waals surface area contributed by atoms with Gasteiger partial charge >= 0.3 is 0 Å². The van der Waals surface area contributed by atoms with Crippen molar-refractivity contribution in [2.45, 2.75) is 76.7 Å². The Labute approximate surface area is 218 Å². The Kier molecular flexibility index (Phi) is 6.89. The summed E-state index contributed by atoms with van der Waals surface area (Å²) in [4.78, 5) is 34.5. The van der Waals surface area contributed by atoms with Gasteiger partial charge in [0.2, 0.25) is 5.91 Å². The maximum atomic E-state index is 14.0. The predicted molar refractivity (Wildman–Crippen MR) is 144 cm³/mol. The number of aromatic amines is 1. The van der Waals surface area contributed by atoms with Crippen molar-refractivity contribution in [2.75, 3.05) is 31.5 Å². The first-order valence-electron chi connectivity index (χ1n) is 14.1. The van der Waals surface area contributed by atoms with Crippen LogP contribution in [-0.2, 0) is 28.9 Å². The molecule has 1 aromatic carbocycles. The third-order valence-corrected chi connectivity index (χ3v) is 8.70. The fourth-order valence-electron chi connectivity index (χ4n) is 6.80.